The molecule has 0 bridgehead atoms. The highest BCUT2D eigenvalue weighted by Gasteiger charge is 2.25. The smallest absolute Gasteiger partial charge is 0.333 e. The average Bonchev–Trinajstić information content (AvgIpc) is 2.44. The van der Waals surface area contributed by atoms with Gasteiger partial charge >= 0.3 is 5.97 Å². The van der Waals surface area contributed by atoms with Gasteiger partial charge in [-0.1, -0.05) is 13.3 Å². The molecule has 13 heavy (non-hydrogen) atoms. The summed E-state index contributed by atoms with van der Waals surface area (Å²) in [4.78, 5) is 10.9. The molecule has 0 aromatic carbocycles. The minimum atomic E-state index is -0.413. The van der Waals surface area contributed by atoms with Gasteiger partial charge in [-0.15, -0.1) is 0 Å². The second-order valence-corrected chi connectivity index (χ2v) is 3.05. The van der Waals surface area contributed by atoms with Crippen molar-refractivity contribution in [3.63, 3.8) is 0 Å². The van der Waals surface area contributed by atoms with Gasteiger partial charge in [-0.05, 0) is 19.8 Å². The van der Waals surface area contributed by atoms with Crippen LogP contribution < -0.4 is 0 Å². The molecule has 0 aromatic rings. The maximum absolute atomic E-state index is 10.9. The molecule has 0 fully saturated rings. The minimum absolute atomic E-state index is 0.274. The van der Waals surface area contributed by atoms with Gasteiger partial charge in [-0.25, -0.2) is 4.79 Å². The molecule has 0 aliphatic carbocycles. The molecule has 0 N–H and O–H groups in total. The van der Waals surface area contributed by atoms with E-state index in [4.69, 9.17) is 9.47 Å². The molecule has 0 saturated carbocycles. The number of hydrogen-bond acceptors (Lipinski definition) is 3. The number of carbonyl (C=O) groups is 1. The van der Waals surface area contributed by atoms with Gasteiger partial charge in [0.1, 0.15) is 0 Å². The lowest BCUT2D eigenvalue weighted by molar-refractivity contribution is -0.158. The quantitative estimate of drug-likeness (QED) is 0.613. The van der Waals surface area contributed by atoms with E-state index in [1.54, 1.807) is 6.08 Å². The Balaban J connectivity index is 2.46. The Hall–Kier alpha value is -0.830. The van der Waals surface area contributed by atoms with Crippen LogP contribution in [0.1, 0.15) is 33.1 Å². The summed E-state index contributed by atoms with van der Waals surface area (Å²) in [6.07, 6.45) is 4.23. The van der Waals surface area contributed by atoms with Gasteiger partial charge in [-0.2, -0.15) is 0 Å². The Morgan fingerprint density at radius 2 is 2.31 bits per heavy atom. The average molecular weight is 184 g/mol. The topological polar surface area (TPSA) is 35.5 Å². The highest BCUT2D eigenvalue weighted by molar-refractivity contribution is 5.85. The fourth-order valence-corrected chi connectivity index (χ4v) is 1.30. The van der Waals surface area contributed by atoms with Gasteiger partial charge in [0, 0.05) is 18.3 Å². The zero-order chi connectivity index (χ0) is 9.68. The van der Waals surface area contributed by atoms with E-state index in [0.717, 1.165) is 24.8 Å². The van der Waals surface area contributed by atoms with Crippen LogP contribution in [0.15, 0.2) is 11.6 Å². The van der Waals surface area contributed by atoms with Crippen molar-refractivity contribution in [3.8, 4) is 0 Å². The fraction of sp³-hybridized carbons (Fsp3) is 0.700. The van der Waals surface area contributed by atoms with E-state index in [1.807, 2.05) is 6.92 Å². The van der Waals surface area contributed by atoms with Crippen molar-refractivity contribution in [2.75, 3.05) is 6.61 Å². The molecule has 1 aliphatic heterocycles. The Labute approximate surface area is 78.7 Å². The first kappa shape index (κ1) is 10.3. The van der Waals surface area contributed by atoms with Crippen LogP contribution >= 0.6 is 0 Å². The van der Waals surface area contributed by atoms with Crippen LogP contribution in [-0.2, 0) is 14.3 Å². The third kappa shape index (κ3) is 2.84. The van der Waals surface area contributed by atoms with Crippen LogP contribution in [-0.4, -0.2) is 18.9 Å². The number of rotatable bonds is 5. The molecule has 3 nitrogen and oxygen atoms in total. The van der Waals surface area contributed by atoms with E-state index in [0.29, 0.717) is 6.61 Å². The number of ether oxygens (including phenoxy) is 2. The largest absolute Gasteiger partial charge is 0.428 e. The van der Waals surface area contributed by atoms with Crippen LogP contribution in [0, 0.1) is 0 Å². The highest BCUT2D eigenvalue weighted by Crippen LogP contribution is 2.21. The summed E-state index contributed by atoms with van der Waals surface area (Å²) in [6.45, 7) is 4.58. The second kappa shape index (κ2) is 5.02. The number of unbranched alkanes of at least 4 members (excludes halogenated alkanes) is 1. The molecule has 74 valence electrons. The maximum atomic E-state index is 10.9. The first-order valence-corrected chi connectivity index (χ1v) is 4.80. The Morgan fingerprint density at radius 3 is 2.92 bits per heavy atom. The molecule has 3 heteroatoms. The number of hydrogen-bond donors (Lipinski definition) is 0. The third-order valence-corrected chi connectivity index (χ3v) is 1.97. The van der Waals surface area contributed by atoms with Crippen LogP contribution in [0.25, 0.3) is 0 Å². The van der Waals surface area contributed by atoms with Gasteiger partial charge in [0.05, 0.1) is 0 Å². The van der Waals surface area contributed by atoms with E-state index in [-0.39, 0.29) is 5.97 Å². The van der Waals surface area contributed by atoms with Crippen molar-refractivity contribution in [2.45, 2.75) is 39.4 Å². The van der Waals surface area contributed by atoms with Gasteiger partial charge in [0.25, 0.3) is 0 Å². The lowest BCUT2D eigenvalue weighted by Crippen LogP contribution is -2.16. The molecular formula is C10H16O3. The summed E-state index contributed by atoms with van der Waals surface area (Å²) in [5.41, 5.74) is 0.980. The number of esters is 1. The summed E-state index contributed by atoms with van der Waals surface area (Å²) < 4.78 is 10.2. The SMILES string of the molecule is CCCCC1=CC(=O)OC1OCC. The molecule has 1 unspecified atom stereocenters. The number of carbonyl (C=O) groups excluding carboxylic acids is 1. The van der Waals surface area contributed by atoms with Crippen LogP contribution in [0.4, 0.5) is 0 Å². The molecular weight excluding hydrogens is 168 g/mol. The predicted molar refractivity (Wildman–Crippen MR) is 49.1 cm³/mol. The summed E-state index contributed by atoms with van der Waals surface area (Å²) in [5.74, 6) is -0.274. The fourth-order valence-electron chi connectivity index (χ4n) is 1.30. The van der Waals surface area contributed by atoms with E-state index < -0.39 is 6.29 Å². The van der Waals surface area contributed by atoms with Crippen molar-refractivity contribution < 1.29 is 14.3 Å². The monoisotopic (exact) mass is 184 g/mol. The standard InChI is InChI=1S/C10H16O3/c1-3-5-6-8-7-9(11)13-10(8)12-4-2/h7,10H,3-6H2,1-2H3. The Morgan fingerprint density at radius 1 is 1.54 bits per heavy atom. The summed E-state index contributed by atoms with van der Waals surface area (Å²) >= 11 is 0. The molecule has 0 saturated heterocycles. The molecule has 1 aliphatic rings. The van der Waals surface area contributed by atoms with E-state index >= 15 is 0 Å². The normalized spacial score (nSPS) is 21.5. The van der Waals surface area contributed by atoms with E-state index in [2.05, 4.69) is 6.92 Å². The highest BCUT2D eigenvalue weighted by atomic mass is 16.7. The van der Waals surface area contributed by atoms with Gasteiger partial charge in [-0.3, -0.25) is 0 Å². The Bertz CT molecular complexity index is 208. The van der Waals surface area contributed by atoms with Crippen LogP contribution in [0.3, 0.4) is 0 Å². The van der Waals surface area contributed by atoms with Crippen molar-refractivity contribution in [3.05, 3.63) is 11.6 Å². The third-order valence-electron chi connectivity index (χ3n) is 1.97. The van der Waals surface area contributed by atoms with Crippen molar-refractivity contribution in [2.24, 2.45) is 0 Å². The molecule has 1 rings (SSSR count). The van der Waals surface area contributed by atoms with Crippen molar-refractivity contribution >= 4 is 5.97 Å². The van der Waals surface area contributed by atoms with E-state index in [1.165, 1.54) is 0 Å². The van der Waals surface area contributed by atoms with Crippen LogP contribution in [0.5, 0.6) is 0 Å². The molecule has 0 radical (unpaired) electrons. The summed E-state index contributed by atoms with van der Waals surface area (Å²) in [6, 6.07) is 0. The second-order valence-electron chi connectivity index (χ2n) is 3.05. The zero-order valence-corrected chi connectivity index (χ0v) is 8.21. The lowest BCUT2D eigenvalue weighted by Gasteiger charge is -2.13. The predicted octanol–water partition coefficient (Wildman–Crippen LogP) is 2.02. The Kier molecular flexibility index (Phi) is 3.96. The van der Waals surface area contributed by atoms with Gasteiger partial charge in [0.2, 0.25) is 6.29 Å². The molecule has 1 heterocycles. The molecule has 1 atom stereocenters. The lowest BCUT2D eigenvalue weighted by atomic mass is 10.1. The minimum Gasteiger partial charge on any atom is -0.428 e. The first-order valence-electron chi connectivity index (χ1n) is 4.80. The first-order chi connectivity index (χ1) is 6.27. The molecule has 0 spiro atoms. The molecule has 0 aromatic heterocycles. The van der Waals surface area contributed by atoms with Crippen molar-refractivity contribution in [1.29, 1.82) is 0 Å². The zero-order valence-electron chi connectivity index (χ0n) is 8.21. The molecule has 0 amide bonds. The van der Waals surface area contributed by atoms with Gasteiger partial charge in [0.15, 0.2) is 0 Å². The van der Waals surface area contributed by atoms with Crippen molar-refractivity contribution in [1.82, 2.24) is 0 Å². The summed E-state index contributed by atoms with van der Waals surface area (Å²) in [5, 5.41) is 0. The summed E-state index contributed by atoms with van der Waals surface area (Å²) in [7, 11) is 0. The van der Waals surface area contributed by atoms with E-state index in [9.17, 15) is 4.79 Å². The maximum Gasteiger partial charge on any atom is 0.333 e. The number of cyclic esters (lactones) is 1. The van der Waals surface area contributed by atoms with Crippen LogP contribution in [0.2, 0.25) is 0 Å². The van der Waals surface area contributed by atoms with Gasteiger partial charge < -0.3 is 9.47 Å².